The molecule has 0 spiro atoms. The molecule has 2 aromatic heterocycles. The number of carbonyl (C=O) groups is 2. The van der Waals surface area contributed by atoms with Crippen LogP contribution in [0.3, 0.4) is 0 Å². The summed E-state index contributed by atoms with van der Waals surface area (Å²) >= 11 is 0. The summed E-state index contributed by atoms with van der Waals surface area (Å²) in [6.07, 6.45) is 1.00. The van der Waals surface area contributed by atoms with E-state index < -0.39 is 38.9 Å². The Bertz CT molecular complexity index is 1560. The van der Waals surface area contributed by atoms with Crippen LogP contribution in [0, 0.1) is 0 Å². The van der Waals surface area contributed by atoms with E-state index >= 15 is 0 Å². The fraction of sp³-hybridized carbons (Fsp3) is 0.344. The molecule has 1 atom stereocenters. The average Bonchev–Trinajstić information content (AvgIpc) is 3.35. The van der Waals surface area contributed by atoms with Gasteiger partial charge in [0.1, 0.15) is 17.5 Å². The van der Waals surface area contributed by atoms with E-state index in [1.165, 1.54) is 4.57 Å². The Hall–Kier alpha value is -3.79. The van der Waals surface area contributed by atoms with E-state index in [4.69, 9.17) is 13.3 Å². The summed E-state index contributed by atoms with van der Waals surface area (Å²) in [6.45, 7) is 8.85. The van der Waals surface area contributed by atoms with Crippen molar-refractivity contribution in [2.24, 2.45) is 0 Å². The molecule has 0 aliphatic heterocycles. The van der Waals surface area contributed by atoms with Crippen LogP contribution in [0.4, 0.5) is 10.6 Å². The van der Waals surface area contributed by atoms with Gasteiger partial charge in [-0.15, -0.1) is 0 Å². The van der Waals surface area contributed by atoms with E-state index in [0.717, 1.165) is 10.4 Å². The first-order valence-corrected chi connectivity index (χ1v) is 15.5. The van der Waals surface area contributed by atoms with E-state index in [-0.39, 0.29) is 17.5 Å². The lowest BCUT2D eigenvalue weighted by molar-refractivity contribution is -0.118. The van der Waals surface area contributed by atoms with Gasteiger partial charge in [-0.1, -0.05) is 81.4 Å². The van der Waals surface area contributed by atoms with Gasteiger partial charge in [-0.05, 0) is 61.4 Å². The van der Waals surface area contributed by atoms with Crippen LogP contribution < -0.4 is 21.0 Å². The summed E-state index contributed by atoms with van der Waals surface area (Å²) in [5, 5.41) is 6.85. The van der Waals surface area contributed by atoms with Gasteiger partial charge in [-0.2, -0.15) is 0 Å². The van der Waals surface area contributed by atoms with Crippen LogP contribution in [0.25, 0.3) is 11.0 Å². The molecule has 0 aliphatic carbocycles. The zero-order chi connectivity index (χ0) is 32.3. The van der Waals surface area contributed by atoms with E-state index in [2.05, 4.69) is 36.4 Å². The monoisotopic (exact) mass is 575 g/mol. The molecule has 2 aromatic carbocycles. The highest BCUT2D eigenvalue weighted by molar-refractivity contribution is 6.99. The fourth-order valence-corrected chi connectivity index (χ4v) is 9.50. The highest BCUT2D eigenvalue weighted by atomic mass is 28.4. The second kappa shape index (κ2) is 12.0. The predicted octanol–water partition coefficient (Wildman–Crippen LogP) is 4.92. The van der Waals surface area contributed by atoms with Crippen LogP contribution in [0.5, 0.6) is 0 Å². The average molecular weight is 576 g/mol. The smallest absolute Gasteiger partial charge is 0.419 e. The number of rotatable bonds is 8. The SMILES string of the molecule is [2H]C([2H])([2H])N[C@H](CO[Si](c1ccccc1)(c1ccccc1)C(C)(C)C)C(=O)Nc1ccc2c(ccn2C(=O)OC(C)(C)C)n1. The van der Waals surface area contributed by atoms with E-state index in [1.54, 1.807) is 45.2 Å². The first kappa shape index (κ1) is 26.1. The lowest BCUT2D eigenvalue weighted by Gasteiger charge is -2.43. The van der Waals surface area contributed by atoms with Gasteiger partial charge in [0, 0.05) is 10.3 Å². The zero-order valence-electron chi connectivity index (χ0n) is 27.4. The van der Waals surface area contributed by atoms with Crippen molar-refractivity contribution in [2.45, 2.75) is 58.2 Å². The fourth-order valence-electron chi connectivity index (χ4n) is 4.93. The number of anilines is 1. The van der Waals surface area contributed by atoms with Crippen LogP contribution in [-0.2, 0) is 14.0 Å². The number of aromatic nitrogens is 2. The molecule has 8 nitrogen and oxygen atoms in total. The van der Waals surface area contributed by atoms with Gasteiger partial charge in [-0.3, -0.25) is 9.36 Å². The van der Waals surface area contributed by atoms with Gasteiger partial charge < -0.3 is 19.8 Å². The molecule has 9 heteroatoms. The van der Waals surface area contributed by atoms with Crippen LogP contribution in [0.15, 0.2) is 85.1 Å². The quantitative estimate of drug-likeness (QED) is 0.290. The number of nitrogens with one attached hydrogen (secondary N) is 2. The third-order valence-electron chi connectivity index (χ3n) is 6.76. The number of amides is 1. The number of ether oxygens (including phenoxy) is 1. The van der Waals surface area contributed by atoms with Crippen molar-refractivity contribution < 1.29 is 22.9 Å². The summed E-state index contributed by atoms with van der Waals surface area (Å²) in [5.41, 5.74) is 0.290. The molecule has 2 heterocycles. The Morgan fingerprint density at radius 3 is 2.07 bits per heavy atom. The number of carbonyl (C=O) groups excluding carboxylic acids is 2. The summed E-state index contributed by atoms with van der Waals surface area (Å²) in [6, 6.07) is 23.4. The minimum Gasteiger partial charge on any atom is -0.443 e. The molecule has 0 aliphatic rings. The number of nitrogens with zero attached hydrogens (tertiary/aromatic N) is 2. The van der Waals surface area contributed by atoms with Gasteiger partial charge in [0.15, 0.2) is 0 Å². The normalized spacial score (nSPS) is 14.5. The summed E-state index contributed by atoms with van der Waals surface area (Å²) in [7, 11) is -3.05. The molecule has 4 aromatic rings. The first-order valence-electron chi connectivity index (χ1n) is 15.1. The van der Waals surface area contributed by atoms with Gasteiger partial charge in [0.05, 0.1) is 17.6 Å². The topological polar surface area (TPSA) is 94.5 Å². The maximum Gasteiger partial charge on any atom is 0.419 e. The zero-order valence-corrected chi connectivity index (χ0v) is 25.4. The Kier molecular flexibility index (Phi) is 7.63. The van der Waals surface area contributed by atoms with E-state index in [1.807, 2.05) is 60.7 Å². The number of likely N-dealkylation sites (N-methyl/N-ethyl adjacent to an activating group) is 1. The third-order valence-corrected chi connectivity index (χ3v) is 11.8. The molecule has 0 radical (unpaired) electrons. The van der Waals surface area contributed by atoms with Crippen LogP contribution in [0.2, 0.25) is 5.04 Å². The molecule has 0 saturated heterocycles. The molecular weight excluding hydrogens is 532 g/mol. The van der Waals surface area contributed by atoms with Crippen LogP contribution >= 0.6 is 0 Å². The Morgan fingerprint density at radius 1 is 0.927 bits per heavy atom. The minimum absolute atomic E-state index is 0.200. The molecular formula is C32H40N4O4Si. The third kappa shape index (κ3) is 6.59. The van der Waals surface area contributed by atoms with Gasteiger partial charge >= 0.3 is 6.09 Å². The van der Waals surface area contributed by atoms with Crippen molar-refractivity contribution in [3.63, 3.8) is 0 Å². The molecule has 2 N–H and O–H groups in total. The Labute approximate surface area is 247 Å². The van der Waals surface area contributed by atoms with Crippen molar-refractivity contribution in [3.05, 3.63) is 85.1 Å². The number of fused-ring (bicyclic) bond motifs is 1. The molecule has 4 rings (SSSR count). The molecule has 41 heavy (non-hydrogen) atoms. The van der Waals surface area contributed by atoms with Crippen molar-refractivity contribution in [3.8, 4) is 0 Å². The van der Waals surface area contributed by atoms with Crippen molar-refractivity contribution in [1.82, 2.24) is 14.9 Å². The molecule has 216 valence electrons. The molecule has 0 bridgehead atoms. The number of benzene rings is 2. The van der Waals surface area contributed by atoms with Gasteiger partial charge in [-0.25, -0.2) is 9.78 Å². The van der Waals surface area contributed by atoms with Crippen molar-refractivity contribution >= 4 is 47.5 Å². The maximum absolute atomic E-state index is 13.6. The highest BCUT2D eigenvalue weighted by Crippen LogP contribution is 2.36. The number of pyridine rings is 1. The largest absolute Gasteiger partial charge is 0.443 e. The van der Waals surface area contributed by atoms with E-state index in [9.17, 15) is 9.59 Å². The second-order valence-electron chi connectivity index (χ2n) is 11.9. The predicted molar refractivity (Wildman–Crippen MR) is 166 cm³/mol. The van der Waals surface area contributed by atoms with Gasteiger partial charge in [0.2, 0.25) is 5.91 Å². The molecule has 0 fully saturated rings. The first-order chi connectivity index (χ1) is 20.5. The number of hydrogen-bond acceptors (Lipinski definition) is 6. The Balaban J connectivity index is 1.64. The molecule has 0 saturated carbocycles. The van der Waals surface area contributed by atoms with Crippen molar-refractivity contribution in [1.29, 1.82) is 0 Å². The van der Waals surface area contributed by atoms with Crippen molar-refractivity contribution in [2.75, 3.05) is 18.9 Å². The molecule has 1 amide bonds. The number of hydrogen-bond donors (Lipinski definition) is 2. The summed E-state index contributed by atoms with van der Waals surface area (Å²) in [4.78, 5) is 30.7. The Morgan fingerprint density at radius 2 is 1.54 bits per heavy atom. The van der Waals surface area contributed by atoms with Gasteiger partial charge in [0.25, 0.3) is 8.32 Å². The second-order valence-corrected chi connectivity index (χ2v) is 16.2. The standard InChI is InChI=1S/C32H40N4O4Si/c1-31(2,3)40-30(38)36-21-20-25-27(36)18-19-28(34-25)35-29(37)26(33-7)22-39-41(32(4,5)6,23-14-10-8-11-15-23)24-16-12-9-13-17-24/h8-21,26,33H,22H2,1-7H3,(H,34,35,37)/t26-/m1/s1/i7D3. The summed E-state index contributed by atoms with van der Waals surface area (Å²) in [5.74, 6) is -0.412. The molecule has 0 unspecified atom stereocenters. The van der Waals surface area contributed by atoms with Crippen LogP contribution in [0.1, 0.15) is 45.7 Å². The maximum atomic E-state index is 13.6. The lowest BCUT2D eigenvalue weighted by atomic mass is 10.2. The minimum atomic E-state index is -3.05. The summed E-state index contributed by atoms with van der Waals surface area (Å²) < 4.78 is 37.3. The van der Waals surface area contributed by atoms with Crippen LogP contribution in [-0.4, -0.2) is 55.1 Å². The highest BCUT2D eigenvalue weighted by Gasteiger charge is 2.50. The lowest BCUT2D eigenvalue weighted by Crippen LogP contribution is -2.67. The van der Waals surface area contributed by atoms with E-state index in [0.29, 0.717) is 11.0 Å².